The molecule has 23 heavy (non-hydrogen) atoms. The van der Waals surface area contributed by atoms with Crippen molar-refractivity contribution in [1.29, 1.82) is 0 Å². The van der Waals surface area contributed by atoms with Crippen LogP contribution in [0.1, 0.15) is 52.5 Å². The lowest BCUT2D eigenvalue weighted by atomic mass is 9.90. The Morgan fingerprint density at radius 2 is 1.74 bits per heavy atom. The Hall–Kier alpha value is -1.84. The Labute approximate surface area is 140 Å². The van der Waals surface area contributed by atoms with E-state index in [-0.39, 0.29) is 11.8 Å². The highest BCUT2D eigenvalue weighted by molar-refractivity contribution is 6.04. The molecule has 0 heterocycles. The summed E-state index contributed by atoms with van der Waals surface area (Å²) in [5.41, 5.74) is 0.0265. The van der Waals surface area contributed by atoms with E-state index >= 15 is 0 Å². The molecule has 4 nitrogen and oxygen atoms in total. The van der Waals surface area contributed by atoms with Gasteiger partial charge in [0.2, 0.25) is 11.8 Å². The van der Waals surface area contributed by atoms with Crippen molar-refractivity contribution in [3.05, 3.63) is 35.9 Å². The monoisotopic (exact) mass is 318 g/mol. The molecule has 0 saturated carbocycles. The first-order valence-corrected chi connectivity index (χ1v) is 8.55. The van der Waals surface area contributed by atoms with Gasteiger partial charge in [-0.3, -0.25) is 9.59 Å². The summed E-state index contributed by atoms with van der Waals surface area (Å²) in [6, 6.07) is 9.86. The summed E-state index contributed by atoms with van der Waals surface area (Å²) in [6.07, 6.45) is 3.15. The number of nitrogens with zero attached hydrogens (tertiary/aromatic N) is 1. The van der Waals surface area contributed by atoms with E-state index in [0.29, 0.717) is 19.6 Å². The van der Waals surface area contributed by atoms with Crippen LogP contribution in [0.3, 0.4) is 0 Å². The second-order valence-corrected chi connectivity index (χ2v) is 6.39. The number of carbonyl (C=O) groups excluding carboxylic acids is 2. The minimum Gasteiger partial charge on any atom is -0.355 e. The third-order valence-electron chi connectivity index (χ3n) is 4.05. The van der Waals surface area contributed by atoms with E-state index in [0.717, 1.165) is 24.8 Å². The number of unbranched alkanes of at least 4 members (excludes halogenated alkanes) is 2. The third-order valence-corrected chi connectivity index (χ3v) is 4.05. The standard InChI is InChI=1S/C19H30N2O2/c1-5-7-11-14-20-17(22)19(3,4)18(23)21(6-2)15-16-12-9-8-10-13-16/h8-10,12-13H,5-7,11,14-15H2,1-4H3,(H,20,22). The molecule has 0 aliphatic heterocycles. The zero-order chi connectivity index (χ0) is 17.3. The van der Waals surface area contributed by atoms with Crippen LogP contribution in [-0.4, -0.2) is 29.8 Å². The molecule has 2 amide bonds. The van der Waals surface area contributed by atoms with Gasteiger partial charge in [-0.15, -0.1) is 0 Å². The fraction of sp³-hybridized carbons (Fsp3) is 0.579. The van der Waals surface area contributed by atoms with Crippen LogP contribution < -0.4 is 5.32 Å². The van der Waals surface area contributed by atoms with Gasteiger partial charge >= 0.3 is 0 Å². The van der Waals surface area contributed by atoms with Crippen LogP contribution in [0.2, 0.25) is 0 Å². The van der Waals surface area contributed by atoms with Crippen molar-refractivity contribution in [1.82, 2.24) is 10.2 Å². The van der Waals surface area contributed by atoms with E-state index in [4.69, 9.17) is 0 Å². The first kappa shape index (κ1) is 19.2. The molecule has 0 atom stereocenters. The Bertz CT molecular complexity index is 497. The van der Waals surface area contributed by atoms with Gasteiger partial charge in [0.15, 0.2) is 0 Å². The normalized spacial score (nSPS) is 11.1. The number of carbonyl (C=O) groups is 2. The molecule has 0 saturated heterocycles. The van der Waals surface area contributed by atoms with Gasteiger partial charge in [0.1, 0.15) is 5.41 Å². The summed E-state index contributed by atoms with van der Waals surface area (Å²) in [5, 5.41) is 2.90. The molecule has 0 unspecified atom stereocenters. The number of nitrogens with one attached hydrogen (secondary N) is 1. The van der Waals surface area contributed by atoms with Gasteiger partial charge in [0, 0.05) is 19.6 Å². The van der Waals surface area contributed by atoms with Crippen LogP contribution in [0.15, 0.2) is 30.3 Å². The number of hydrogen-bond acceptors (Lipinski definition) is 2. The number of benzene rings is 1. The molecule has 1 aromatic carbocycles. The molecule has 0 fully saturated rings. The highest BCUT2D eigenvalue weighted by Crippen LogP contribution is 2.21. The van der Waals surface area contributed by atoms with Crippen molar-refractivity contribution in [2.75, 3.05) is 13.1 Å². The lowest BCUT2D eigenvalue weighted by Crippen LogP contribution is -2.49. The van der Waals surface area contributed by atoms with Crippen LogP contribution in [0.25, 0.3) is 0 Å². The van der Waals surface area contributed by atoms with Gasteiger partial charge in [0.05, 0.1) is 0 Å². The van der Waals surface area contributed by atoms with Gasteiger partial charge in [-0.2, -0.15) is 0 Å². The van der Waals surface area contributed by atoms with Crippen LogP contribution in [-0.2, 0) is 16.1 Å². The van der Waals surface area contributed by atoms with Gasteiger partial charge in [0.25, 0.3) is 0 Å². The van der Waals surface area contributed by atoms with Gasteiger partial charge in [-0.1, -0.05) is 50.1 Å². The van der Waals surface area contributed by atoms with E-state index in [2.05, 4.69) is 12.2 Å². The molecular formula is C19H30N2O2. The summed E-state index contributed by atoms with van der Waals surface area (Å²) in [5.74, 6) is -0.318. The average Bonchev–Trinajstić information content (AvgIpc) is 2.56. The molecule has 1 N–H and O–H groups in total. The average molecular weight is 318 g/mol. The van der Waals surface area contributed by atoms with Gasteiger partial charge in [-0.05, 0) is 32.8 Å². The summed E-state index contributed by atoms with van der Waals surface area (Å²) in [7, 11) is 0. The maximum Gasteiger partial charge on any atom is 0.237 e. The number of amides is 2. The predicted octanol–water partition coefficient (Wildman–Crippen LogP) is 3.37. The Morgan fingerprint density at radius 1 is 1.09 bits per heavy atom. The lowest BCUT2D eigenvalue weighted by molar-refractivity contribution is -0.148. The van der Waals surface area contributed by atoms with Crippen molar-refractivity contribution in [2.45, 2.75) is 53.5 Å². The van der Waals surface area contributed by atoms with Crippen LogP contribution >= 0.6 is 0 Å². The summed E-state index contributed by atoms with van der Waals surface area (Å²) >= 11 is 0. The molecular weight excluding hydrogens is 288 g/mol. The lowest BCUT2D eigenvalue weighted by Gasteiger charge is -2.30. The number of hydrogen-bond donors (Lipinski definition) is 1. The van der Waals surface area contributed by atoms with Crippen LogP contribution in [0, 0.1) is 5.41 Å². The topological polar surface area (TPSA) is 49.4 Å². The largest absolute Gasteiger partial charge is 0.355 e. The van der Waals surface area contributed by atoms with Crippen LogP contribution in [0.4, 0.5) is 0 Å². The van der Waals surface area contributed by atoms with E-state index < -0.39 is 5.41 Å². The third kappa shape index (κ3) is 5.70. The molecule has 0 radical (unpaired) electrons. The molecule has 128 valence electrons. The molecule has 1 aromatic rings. The van der Waals surface area contributed by atoms with Crippen LogP contribution in [0.5, 0.6) is 0 Å². The van der Waals surface area contributed by atoms with Crippen molar-refractivity contribution < 1.29 is 9.59 Å². The zero-order valence-electron chi connectivity index (χ0n) is 14.9. The Kier molecular flexibility index (Phi) is 7.79. The molecule has 0 spiro atoms. The molecule has 1 rings (SSSR count). The molecule has 0 aliphatic carbocycles. The summed E-state index contributed by atoms with van der Waals surface area (Å²) in [4.78, 5) is 26.9. The van der Waals surface area contributed by atoms with Crippen molar-refractivity contribution in [3.63, 3.8) is 0 Å². The Morgan fingerprint density at radius 3 is 2.30 bits per heavy atom. The van der Waals surface area contributed by atoms with Gasteiger partial charge < -0.3 is 10.2 Å². The SMILES string of the molecule is CCCCCNC(=O)C(C)(C)C(=O)N(CC)Cc1ccccc1. The zero-order valence-corrected chi connectivity index (χ0v) is 14.9. The predicted molar refractivity (Wildman–Crippen MR) is 93.8 cm³/mol. The first-order valence-electron chi connectivity index (χ1n) is 8.55. The smallest absolute Gasteiger partial charge is 0.237 e. The quantitative estimate of drug-likeness (QED) is 0.560. The van der Waals surface area contributed by atoms with E-state index in [1.165, 1.54) is 0 Å². The van der Waals surface area contributed by atoms with Crippen molar-refractivity contribution in [3.8, 4) is 0 Å². The van der Waals surface area contributed by atoms with Crippen molar-refractivity contribution in [2.24, 2.45) is 5.41 Å². The number of rotatable bonds is 9. The van der Waals surface area contributed by atoms with Gasteiger partial charge in [-0.25, -0.2) is 0 Å². The molecule has 0 aliphatic rings. The fourth-order valence-electron chi connectivity index (χ4n) is 2.42. The minimum absolute atomic E-state index is 0.128. The second-order valence-electron chi connectivity index (χ2n) is 6.39. The highest BCUT2D eigenvalue weighted by atomic mass is 16.2. The summed E-state index contributed by atoms with van der Waals surface area (Å²) < 4.78 is 0. The fourth-order valence-corrected chi connectivity index (χ4v) is 2.42. The van der Waals surface area contributed by atoms with E-state index in [1.54, 1.807) is 18.7 Å². The maximum absolute atomic E-state index is 12.8. The van der Waals surface area contributed by atoms with E-state index in [9.17, 15) is 9.59 Å². The van der Waals surface area contributed by atoms with Crippen molar-refractivity contribution >= 4 is 11.8 Å². The molecule has 0 bridgehead atoms. The first-order chi connectivity index (χ1) is 10.9. The maximum atomic E-state index is 12.8. The minimum atomic E-state index is -1.04. The second kappa shape index (κ2) is 9.33. The summed E-state index contributed by atoms with van der Waals surface area (Å²) in [6.45, 7) is 9.22. The highest BCUT2D eigenvalue weighted by Gasteiger charge is 2.38. The Balaban J connectivity index is 2.68. The molecule has 0 aromatic heterocycles. The van der Waals surface area contributed by atoms with E-state index in [1.807, 2.05) is 37.3 Å². The molecule has 4 heteroatoms.